The molecule has 0 rings (SSSR count). The first-order chi connectivity index (χ1) is 5.57. The summed E-state index contributed by atoms with van der Waals surface area (Å²) in [5.74, 6) is 1.95. The number of hydrogen-bond acceptors (Lipinski definition) is 1. The molecule has 1 heteroatoms. The van der Waals surface area contributed by atoms with Crippen molar-refractivity contribution >= 4 is 0 Å². The topological polar surface area (TPSA) is 20.2 Å². The molecule has 0 aromatic rings. The average molecular weight is 172 g/mol. The molecule has 0 amide bonds. The Bertz CT molecular complexity index is 97.2. The van der Waals surface area contributed by atoms with Crippen LogP contribution >= 0.6 is 0 Å². The highest BCUT2D eigenvalue weighted by atomic mass is 16.3. The number of aliphatic hydroxyl groups excluding tert-OH is 1. The molecule has 1 atom stereocenters. The predicted molar refractivity (Wildman–Crippen MR) is 54.1 cm³/mol. The maximum Gasteiger partial charge on any atom is 0.0461 e. The lowest BCUT2D eigenvalue weighted by Crippen LogP contribution is -2.13. The Morgan fingerprint density at radius 1 is 1.00 bits per heavy atom. The molecule has 0 saturated heterocycles. The minimum atomic E-state index is 0.357. The van der Waals surface area contributed by atoms with Crippen LogP contribution in [0.3, 0.4) is 0 Å². The molecular formula is C11H24O. The fraction of sp³-hybridized carbons (Fsp3) is 1.00. The van der Waals surface area contributed by atoms with Crippen LogP contribution in [0.2, 0.25) is 0 Å². The molecule has 74 valence electrons. The molecule has 0 aliphatic carbocycles. The van der Waals surface area contributed by atoms with Crippen LogP contribution in [0.5, 0.6) is 0 Å². The SMILES string of the molecule is CC(C)CCC[C@@H](CO)C(C)C. The molecule has 0 aromatic heterocycles. The Hall–Kier alpha value is -0.0400. The first kappa shape index (κ1) is 12.0. The molecule has 12 heavy (non-hydrogen) atoms. The molecule has 0 bridgehead atoms. The van der Waals surface area contributed by atoms with E-state index in [2.05, 4.69) is 27.7 Å². The smallest absolute Gasteiger partial charge is 0.0461 e. The predicted octanol–water partition coefficient (Wildman–Crippen LogP) is 3.08. The summed E-state index contributed by atoms with van der Waals surface area (Å²) in [5, 5.41) is 9.06. The fourth-order valence-electron chi connectivity index (χ4n) is 1.42. The van der Waals surface area contributed by atoms with E-state index in [4.69, 9.17) is 5.11 Å². The van der Waals surface area contributed by atoms with Crippen LogP contribution in [0, 0.1) is 17.8 Å². The molecule has 0 saturated carbocycles. The van der Waals surface area contributed by atoms with Crippen molar-refractivity contribution in [3.63, 3.8) is 0 Å². The van der Waals surface area contributed by atoms with E-state index in [-0.39, 0.29) is 0 Å². The number of rotatable bonds is 6. The fourth-order valence-corrected chi connectivity index (χ4v) is 1.42. The normalized spacial score (nSPS) is 14.2. The van der Waals surface area contributed by atoms with Crippen molar-refractivity contribution in [3.8, 4) is 0 Å². The second-order valence-electron chi connectivity index (χ2n) is 4.51. The third kappa shape index (κ3) is 5.59. The van der Waals surface area contributed by atoms with Crippen LogP contribution in [-0.2, 0) is 0 Å². The second kappa shape index (κ2) is 6.47. The van der Waals surface area contributed by atoms with E-state index in [1.54, 1.807) is 0 Å². The molecule has 0 fully saturated rings. The van der Waals surface area contributed by atoms with Crippen molar-refractivity contribution in [2.24, 2.45) is 17.8 Å². The first-order valence-electron chi connectivity index (χ1n) is 5.18. The summed E-state index contributed by atoms with van der Waals surface area (Å²) in [5.41, 5.74) is 0. The van der Waals surface area contributed by atoms with Crippen molar-refractivity contribution in [1.29, 1.82) is 0 Å². The van der Waals surface area contributed by atoms with Crippen LogP contribution < -0.4 is 0 Å². The van der Waals surface area contributed by atoms with E-state index < -0.39 is 0 Å². The zero-order chi connectivity index (χ0) is 9.56. The Morgan fingerprint density at radius 3 is 1.92 bits per heavy atom. The van der Waals surface area contributed by atoms with Gasteiger partial charge in [0, 0.05) is 6.61 Å². The van der Waals surface area contributed by atoms with Crippen LogP contribution in [0.4, 0.5) is 0 Å². The molecule has 1 N–H and O–H groups in total. The van der Waals surface area contributed by atoms with Crippen molar-refractivity contribution in [3.05, 3.63) is 0 Å². The van der Waals surface area contributed by atoms with E-state index in [0.29, 0.717) is 18.4 Å². The summed E-state index contributed by atoms with van der Waals surface area (Å²) in [7, 11) is 0. The van der Waals surface area contributed by atoms with Gasteiger partial charge >= 0.3 is 0 Å². The largest absolute Gasteiger partial charge is 0.396 e. The van der Waals surface area contributed by atoms with Crippen molar-refractivity contribution in [2.75, 3.05) is 6.61 Å². The molecular weight excluding hydrogens is 148 g/mol. The zero-order valence-corrected chi connectivity index (χ0v) is 9.01. The number of aliphatic hydroxyl groups is 1. The molecule has 0 spiro atoms. The standard InChI is InChI=1S/C11H24O/c1-9(2)6-5-7-11(8-12)10(3)4/h9-12H,5-8H2,1-4H3/t11-/m0/s1. The highest BCUT2D eigenvalue weighted by Gasteiger charge is 2.11. The lowest BCUT2D eigenvalue weighted by Gasteiger charge is -2.18. The highest BCUT2D eigenvalue weighted by molar-refractivity contribution is 4.62. The van der Waals surface area contributed by atoms with Crippen molar-refractivity contribution in [1.82, 2.24) is 0 Å². The van der Waals surface area contributed by atoms with Gasteiger partial charge in [0.1, 0.15) is 0 Å². The summed E-state index contributed by atoms with van der Waals surface area (Å²) in [6.45, 7) is 9.24. The molecule has 0 heterocycles. The monoisotopic (exact) mass is 172 g/mol. The van der Waals surface area contributed by atoms with E-state index in [1.165, 1.54) is 19.3 Å². The van der Waals surface area contributed by atoms with Gasteiger partial charge in [-0.2, -0.15) is 0 Å². The van der Waals surface area contributed by atoms with E-state index in [9.17, 15) is 0 Å². The Balaban J connectivity index is 3.45. The third-order valence-electron chi connectivity index (χ3n) is 2.53. The Morgan fingerprint density at radius 2 is 1.58 bits per heavy atom. The minimum Gasteiger partial charge on any atom is -0.396 e. The summed E-state index contributed by atoms with van der Waals surface area (Å²) in [4.78, 5) is 0. The number of hydrogen-bond donors (Lipinski definition) is 1. The highest BCUT2D eigenvalue weighted by Crippen LogP contribution is 2.18. The van der Waals surface area contributed by atoms with Gasteiger partial charge in [0.05, 0.1) is 0 Å². The van der Waals surface area contributed by atoms with Gasteiger partial charge in [-0.25, -0.2) is 0 Å². The van der Waals surface area contributed by atoms with Crippen molar-refractivity contribution in [2.45, 2.75) is 47.0 Å². The lowest BCUT2D eigenvalue weighted by molar-refractivity contribution is 0.177. The Kier molecular flexibility index (Phi) is 6.45. The van der Waals surface area contributed by atoms with Gasteiger partial charge in [0.15, 0.2) is 0 Å². The van der Waals surface area contributed by atoms with Gasteiger partial charge in [-0.3, -0.25) is 0 Å². The van der Waals surface area contributed by atoms with Crippen LogP contribution in [-0.4, -0.2) is 11.7 Å². The van der Waals surface area contributed by atoms with Gasteiger partial charge in [-0.1, -0.05) is 40.5 Å². The zero-order valence-electron chi connectivity index (χ0n) is 9.01. The second-order valence-corrected chi connectivity index (χ2v) is 4.51. The van der Waals surface area contributed by atoms with Crippen molar-refractivity contribution < 1.29 is 5.11 Å². The van der Waals surface area contributed by atoms with Gasteiger partial charge < -0.3 is 5.11 Å². The van der Waals surface area contributed by atoms with Crippen LogP contribution in [0.1, 0.15) is 47.0 Å². The van der Waals surface area contributed by atoms with Gasteiger partial charge in [-0.15, -0.1) is 0 Å². The van der Waals surface area contributed by atoms with Gasteiger partial charge in [0.2, 0.25) is 0 Å². The molecule has 0 unspecified atom stereocenters. The van der Waals surface area contributed by atoms with Crippen LogP contribution in [0.25, 0.3) is 0 Å². The summed E-state index contributed by atoms with van der Waals surface area (Å²) in [6, 6.07) is 0. The van der Waals surface area contributed by atoms with Gasteiger partial charge in [-0.05, 0) is 24.2 Å². The molecule has 0 aromatic carbocycles. The summed E-state index contributed by atoms with van der Waals surface area (Å²) < 4.78 is 0. The maximum absolute atomic E-state index is 9.06. The van der Waals surface area contributed by atoms with E-state index >= 15 is 0 Å². The van der Waals surface area contributed by atoms with Crippen LogP contribution in [0.15, 0.2) is 0 Å². The third-order valence-corrected chi connectivity index (χ3v) is 2.53. The Labute approximate surface area is 77.2 Å². The van der Waals surface area contributed by atoms with Gasteiger partial charge in [0.25, 0.3) is 0 Å². The average Bonchev–Trinajstić information content (AvgIpc) is 1.96. The summed E-state index contributed by atoms with van der Waals surface area (Å²) in [6.07, 6.45) is 3.75. The molecule has 1 nitrogen and oxygen atoms in total. The molecule has 0 aliphatic heterocycles. The lowest BCUT2D eigenvalue weighted by atomic mass is 9.90. The minimum absolute atomic E-state index is 0.357. The van der Waals surface area contributed by atoms with E-state index in [0.717, 1.165) is 5.92 Å². The quantitative estimate of drug-likeness (QED) is 0.653. The van der Waals surface area contributed by atoms with E-state index in [1.807, 2.05) is 0 Å². The summed E-state index contributed by atoms with van der Waals surface area (Å²) >= 11 is 0. The first-order valence-corrected chi connectivity index (χ1v) is 5.18. The maximum atomic E-state index is 9.06. The molecule has 0 radical (unpaired) electrons. The molecule has 0 aliphatic rings.